The van der Waals surface area contributed by atoms with E-state index in [1.54, 1.807) is 0 Å². The maximum atomic E-state index is 6.84. The maximum absolute atomic E-state index is 6.84. The SMILES string of the molecule is NC(C1=CCCCCC1)C1(c2ccccc2)CCOCC1. The zero-order valence-electron chi connectivity index (χ0n) is 12.9. The van der Waals surface area contributed by atoms with E-state index in [1.807, 2.05) is 0 Å². The van der Waals surface area contributed by atoms with Gasteiger partial charge in [0.2, 0.25) is 0 Å². The highest BCUT2D eigenvalue weighted by atomic mass is 16.5. The number of ether oxygens (including phenoxy) is 1. The summed E-state index contributed by atoms with van der Waals surface area (Å²) in [5.41, 5.74) is 9.78. The Morgan fingerprint density at radius 3 is 2.52 bits per heavy atom. The van der Waals surface area contributed by atoms with E-state index in [-0.39, 0.29) is 11.5 Å². The van der Waals surface area contributed by atoms with Gasteiger partial charge >= 0.3 is 0 Å². The van der Waals surface area contributed by atoms with Gasteiger partial charge in [-0.2, -0.15) is 0 Å². The van der Waals surface area contributed by atoms with Gasteiger partial charge in [0.1, 0.15) is 0 Å². The van der Waals surface area contributed by atoms with Crippen LogP contribution in [-0.2, 0) is 10.2 Å². The fraction of sp³-hybridized carbons (Fsp3) is 0.579. The molecule has 2 nitrogen and oxygen atoms in total. The Morgan fingerprint density at radius 2 is 1.76 bits per heavy atom. The van der Waals surface area contributed by atoms with Crippen LogP contribution in [0.25, 0.3) is 0 Å². The summed E-state index contributed by atoms with van der Waals surface area (Å²) in [5.74, 6) is 0. The number of nitrogens with two attached hydrogens (primary N) is 1. The van der Waals surface area contributed by atoms with Crippen LogP contribution in [0.2, 0.25) is 0 Å². The topological polar surface area (TPSA) is 35.2 Å². The zero-order chi connectivity index (χ0) is 14.5. The first-order chi connectivity index (χ1) is 10.3. The second-order valence-corrected chi connectivity index (χ2v) is 6.49. The molecule has 1 atom stereocenters. The van der Waals surface area contributed by atoms with Gasteiger partial charge in [0, 0.05) is 24.7 Å². The second-order valence-electron chi connectivity index (χ2n) is 6.49. The second kappa shape index (κ2) is 6.76. The number of rotatable bonds is 3. The summed E-state index contributed by atoms with van der Waals surface area (Å²) in [4.78, 5) is 0. The van der Waals surface area contributed by atoms with Crippen LogP contribution in [-0.4, -0.2) is 19.3 Å². The van der Waals surface area contributed by atoms with Gasteiger partial charge in [-0.1, -0.05) is 48.4 Å². The zero-order valence-corrected chi connectivity index (χ0v) is 12.9. The Labute approximate surface area is 128 Å². The van der Waals surface area contributed by atoms with Crippen molar-refractivity contribution in [1.29, 1.82) is 0 Å². The van der Waals surface area contributed by atoms with E-state index < -0.39 is 0 Å². The Balaban J connectivity index is 1.93. The Kier molecular flexibility index (Phi) is 4.77. The molecule has 3 rings (SSSR count). The van der Waals surface area contributed by atoms with Crippen LogP contribution >= 0.6 is 0 Å². The predicted octanol–water partition coefficient (Wildman–Crippen LogP) is 3.95. The van der Waals surface area contributed by atoms with E-state index in [1.165, 1.54) is 43.2 Å². The molecule has 2 N–H and O–H groups in total. The van der Waals surface area contributed by atoms with Crippen molar-refractivity contribution in [1.82, 2.24) is 0 Å². The van der Waals surface area contributed by atoms with Crippen molar-refractivity contribution in [3.8, 4) is 0 Å². The van der Waals surface area contributed by atoms with Crippen molar-refractivity contribution < 1.29 is 4.74 Å². The molecule has 2 heteroatoms. The fourth-order valence-corrected chi connectivity index (χ4v) is 3.96. The van der Waals surface area contributed by atoms with Crippen LogP contribution in [0.3, 0.4) is 0 Å². The van der Waals surface area contributed by atoms with Gasteiger partial charge in [-0.05, 0) is 44.1 Å². The van der Waals surface area contributed by atoms with Crippen LogP contribution in [0.15, 0.2) is 42.0 Å². The molecule has 0 amide bonds. The number of benzene rings is 1. The lowest BCUT2D eigenvalue weighted by atomic mass is 9.66. The average Bonchev–Trinajstić information content (AvgIpc) is 2.85. The summed E-state index contributed by atoms with van der Waals surface area (Å²) in [6, 6.07) is 11.0. The van der Waals surface area contributed by atoms with Gasteiger partial charge < -0.3 is 10.5 Å². The minimum atomic E-state index is 0.0652. The largest absolute Gasteiger partial charge is 0.381 e. The quantitative estimate of drug-likeness (QED) is 0.853. The minimum absolute atomic E-state index is 0.0652. The summed E-state index contributed by atoms with van der Waals surface area (Å²) in [5, 5.41) is 0. The van der Waals surface area contributed by atoms with E-state index in [2.05, 4.69) is 36.4 Å². The maximum Gasteiger partial charge on any atom is 0.0475 e. The van der Waals surface area contributed by atoms with Crippen molar-refractivity contribution >= 4 is 0 Å². The molecule has 1 aromatic rings. The molecule has 0 spiro atoms. The van der Waals surface area contributed by atoms with Gasteiger partial charge in [0.15, 0.2) is 0 Å². The number of hydrogen-bond acceptors (Lipinski definition) is 2. The monoisotopic (exact) mass is 285 g/mol. The Morgan fingerprint density at radius 1 is 1.00 bits per heavy atom. The molecular formula is C19H27NO. The van der Waals surface area contributed by atoms with Crippen molar-refractivity contribution in [3.63, 3.8) is 0 Å². The smallest absolute Gasteiger partial charge is 0.0475 e. The van der Waals surface area contributed by atoms with Gasteiger partial charge in [0.05, 0.1) is 0 Å². The molecular weight excluding hydrogens is 258 g/mol. The highest BCUT2D eigenvalue weighted by molar-refractivity contribution is 5.33. The lowest BCUT2D eigenvalue weighted by molar-refractivity contribution is 0.0438. The molecule has 0 radical (unpaired) electrons. The molecule has 1 aliphatic heterocycles. The van der Waals surface area contributed by atoms with Crippen molar-refractivity contribution in [2.75, 3.05) is 13.2 Å². The predicted molar refractivity (Wildman–Crippen MR) is 87.3 cm³/mol. The minimum Gasteiger partial charge on any atom is -0.381 e. The summed E-state index contributed by atoms with van der Waals surface area (Å²) < 4.78 is 5.63. The average molecular weight is 285 g/mol. The van der Waals surface area contributed by atoms with Gasteiger partial charge in [0.25, 0.3) is 0 Å². The summed E-state index contributed by atoms with van der Waals surface area (Å²) in [6.07, 6.45) is 10.8. The molecule has 1 aromatic carbocycles. The third kappa shape index (κ3) is 3.07. The van der Waals surface area contributed by atoms with E-state index in [9.17, 15) is 0 Å². The van der Waals surface area contributed by atoms with Gasteiger partial charge in [-0.15, -0.1) is 0 Å². The first-order valence-corrected chi connectivity index (χ1v) is 8.41. The lowest BCUT2D eigenvalue weighted by Crippen LogP contribution is -2.50. The molecule has 1 unspecified atom stereocenters. The standard InChI is InChI=1S/C19H27NO/c20-18(16-8-4-1-2-5-9-16)19(12-14-21-15-13-19)17-10-6-3-7-11-17/h3,6-8,10-11,18H,1-2,4-5,9,12-15,20H2. The van der Waals surface area contributed by atoms with Crippen LogP contribution in [0.5, 0.6) is 0 Å². The Hall–Kier alpha value is -1.12. The third-order valence-electron chi connectivity index (χ3n) is 5.30. The molecule has 114 valence electrons. The van der Waals surface area contributed by atoms with Crippen LogP contribution in [0, 0.1) is 0 Å². The molecule has 1 fully saturated rings. The normalized spacial score (nSPS) is 24.0. The van der Waals surface area contributed by atoms with Crippen LogP contribution in [0.1, 0.15) is 50.5 Å². The number of allylic oxidation sites excluding steroid dienone is 1. The molecule has 2 aliphatic rings. The summed E-state index contributed by atoms with van der Waals surface area (Å²) in [6.45, 7) is 1.66. The molecule has 1 heterocycles. The first-order valence-electron chi connectivity index (χ1n) is 8.41. The summed E-state index contributed by atoms with van der Waals surface area (Å²) >= 11 is 0. The summed E-state index contributed by atoms with van der Waals surface area (Å²) in [7, 11) is 0. The van der Waals surface area contributed by atoms with E-state index in [0.29, 0.717) is 0 Å². The van der Waals surface area contributed by atoms with Crippen molar-refractivity contribution in [2.24, 2.45) is 5.73 Å². The van der Waals surface area contributed by atoms with Gasteiger partial charge in [-0.25, -0.2) is 0 Å². The van der Waals surface area contributed by atoms with Crippen LogP contribution in [0.4, 0.5) is 0 Å². The highest BCUT2D eigenvalue weighted by Gasteiger charge is 2.41. The molecule has 21 heavy (non-hydrogen) atoms. The molecule has 1 saturated heterocycles. The number of hydrogen-bond donors (Lipinski definition) is 1. The van der Waals surface area contributed by atoms with Crippen molar-refractivity contribution in [2.45, 2.75) is 56.4 Å². The molecule has 1 aliphatic carbocycles. The molecule has 0 bridgehead atoms. The van der Waals surface area contributed by atoms with Gasteiger partial charge in [-0.3, -0.25) is 0 Å². The Bertz CT molecular complexity index is 474. The lowest BCUT2D eigenvalue weighted by Gasteiger charge is -2.43. The first kappa shape index (κ1) is 14.8. The van der Waals surface area contributed by atoms with Crippen LogP contribution < -0.4 is 5.73 Å². The van der Waals surface area contributed by atoms with E-state index >= 15 is 0 Å². The molecule has 0 aromatic heterocycles. The van der Waals surface area contributed by atoms with E-state index in [4.69, 9.17) is 10.5 Å². The van der Waals surface area contributed by atoms with Crippen molar-refractivity contribution in [3.05, 3.63) is 47.5 Å². The fourth-order valence-electron chi connectivity index (χ4n) is 3.96. The van der Waals surface area contributed by atoms with E-state index in [0.717, 1.165) is 26.1 Å². The highest BCUT2D eigenvalue weighted by Crippen LogP contribution is 2.41. The molecule has 0 saturated carbocycles. The third-order valence-corrected chi connectivity index (χ3v) is 5.30.